The lowest BCUT2D eigenvalue weighted by Crippen LogP contribution is -2.44. The van der Waals surface area contributed by atoms with Crippen molar-refractivity contribution in [1.29, 1.82) is 0 Å². The fourth-order valence-electron chi connectivity index (χ4n) is 2.79. The first-order valence-electron chi connectivity index (χ1n) is 6.55. The molecule has 1 aromatic rings. The van der Waals surface area contributed by atoms with Crippen LogP contribution < -0.4 is 10.1 Å². The SMILES string of the molecule is CNCC1(C)CCc2c(C)c(O)c(C)c(C)c2O1. The number of ether oxygens (including phenoxy) is 1. The monoisotopic (exact) mass is 249 g/mol. The first-order valence-corrected chi connectivity index (χ1v) is 6.55. The van der Waals surface area contributed by atoms with Crippen LogP contribution in [0.2, 0.25) is 0 Å². The predicted octanol–water partition coefficient (Wildman–Crippen LogP) is 2.62. The van der Waals surface area contributed by atoms with Gasteiger partial charge in [-0.05, 0) is 64.3 Å². The molecule has 2 N–H and O–H groups in total. The minimum absolute atomic E-state index is 0.150. The highest BCUT2D eigenvalue weighted by Crippen LogP contribution is 2.42. The average molecular weight is 249 g/mol. The van der Waals surface area contributed by atoms with Crippen LogP contribution in [0.15, 0.2) is 0 Å². The van der Waals surface area contributed by atoms with Crippen molar-refractivity contribution in [3.63, 3.8) is 0 Å². The summed E-state index contributed by atoms with van der Waals surface area (Å²) in [6.45, 7) is 8.93. The Balaban J connectivity index is 2.50. The van der Waals surface area contributed by atoms with Crippen LogP contribution in [0.25, 0.3) is 0 Å². The molecule has 100 valence electrons. The highest BCUT2D eigenvalue weighted by atomic mass is 16.5. The minimum Gasteiger partial charge on any atom is -0.507 e. The predicted molar refractivity (Wildman–Crippen MR) is 73.6 cm³/mol. The Kier molecular flexibility index (Phi) is 3.28. The molecule has 1 aliphatic heterocycles. The molecular weight excluding hydrogens is 226 g/mol. The number of hydrogen-bond donors (Lipinski definition) is 2. The van der Waals surface area contributed by atoms with Crippen LogP contribution in [0, 0.1) is 20.8 Å². The van der Waals surface area contributed by atoms with Crippen LogP contribution in [0.5, 0.6) is 11.5 Å². The Morgan fingerprint density at radius 3 is 2.50 bits per heavy atom. The smallest absolute Gasteiger partial charge is 0.127 e. The zero-order valence-electron chi connectivity index (χ0n) is 12.0. The third-order valence-electron chi connectivity index (χ3n) is 4.14. The maximum Gasteiger partial charge on any atom is 0.127 e. The molecule has 0 aromatic heterocycles. The standard InChI is InChI=1S/C15H23NO2/c1-9-10(2)14-12(11(3)13(9)17)6-7-15(4,18-14)8-16-5/h16-17H,6-8H2,1-5H3. The normalized spacial score (nSPS) is 22.5. The van der Waals surface area contributed by atoms with Gasteiger partial charge >= 0.3 is 0 Å². The van der Waals surface area contributed by atoms with Gasteiger partial charge in [-0.15, -0.1) is 0 Å². The van der Waals surface area contributed by atoms with E-state index < -0.39 is 0 Å². The molecule has 18 heavy (non-hydrogen) atoms. The van der Waals surface area contributed by atoms with Crippen LogP contribution in [0.1, 0.15) is 35.6 Å². The van der Waals surface area contributed by atoms with E-state index in [1.165, 1.54) is 5.56 Å². The summed E-state index contributed by atoms with van der Waals surface area (Å²) in [6, 6.07) is 0. The number of hydrogen-bond acceptors (Lipinski definition) is 3. The van der Waals surface area contributed by atoms with Gasteiger partial charge < -0.3 is 15.2 Å². The van der Waals surface area contributed by atoms with Crippen molar-refractivity contribution in [1.82, 2.24) is 5.32 Å². The summed E-state index contributed by atoms with van der Waals surface area (Å²) >= 11 is 0. The first-order chi connectivity index (χ1) is 8.39. The first kappa shape index (κ1) is 13.2. The van der Waals surface area contributed by atoms with Gasteiger partial charge in [-0.2, -0.15) is 0 Å². The molecule has 0 aliphatic carbocycles. The quantitative estimate of drug-likeness (QED) is 0.846. The second kappa shape index (κ2) is 4.47. The largest absolute Gasteiger partial charge is 0.507 e. The van der Waals surface area contributed by atoms with Crippen molar-refractivity contribution in [2.75, 3.05) is 13.6 Å². The summed E-state index contributed by atoms with van der Waals surface area (Å²) in [4.78, 5) is 0. The second-order valence-corrected chi connectivity index (χ2v) is 5.61. The molecule has 3 nitrogen and oxygen atoms in total. The third-order valence-corrected chi connectivity index (χ3v) is 4.14. The summed E-state index contributed by atoms with van der Waals surface area (Å²) in [6.07, 6.45) is 1.94. The maximum absolute atomic E-state index is 10.1. The van der Waals surface area contributed by atoms with Gasteiger partial charge in [-0.25, -0.2) is 0 Å². The summed E-state index contributed by atoms with van der Waals surface area (Å²) in [7, 11) is 1.95. The van der Waals surface area contributed by atoms with E-state index in [-0.39, 0.29) is 5.60 Å². The number of nitrogens with one attached hydrogen (secondary N) is 1. The Morgan fingerprint density at radius 1 is 1.22 bits per heavy atom. The fourth-order valence-corrected chi connectivity index (χ4v) is 2.79. The Labute approximate surface area is 109 Å². The molecule has 1 atom stereocenters. The van der Waals surface area contributed by atoms with Gasteiger partial charge in [-0.3, -0.25) is 0 Å². The van der Waals surface area contributed by atoms with Gasteiger partial charge in [0.25, 0.3) is 0 Å². The van der Waals surface area contributed by atoms with E-state index in [1.54, 1.807) is 0 Å². The third kappa shape index (κ3) is 1.97. The Morgan fingerprint density at radius 2 is 1.89 bits per heavy atom. The van der Waals surface area contributed by atoms with Crippen molar-refractivity contribution in [3.8, 4) is 11.5 Å². The number of benzene rings is 1. The number of phenols is 1. The molecule has 1 heterocycles. The Hall–Kier alpha value is -1.22. The molecule has 0 fully saturated rings. The Bertz CT molecular complexity index is 482. The molecule has 0 radical (unpaired) electrons. The van der Waals surface area contributed by atoms with Crippen LogP contribution in [0.3, 0.4) is 0 Å². The number of likely N-dealkylation sites (N-methyl/N-ethyl adjacent to an activating group) is 1. The van der Waals surface area contributed by atoms with Crippen molar-refractivity contribution in [2.24, 2.45) is 0 Å². The molecule has 1 aromatic carbocycles. The van der Waals surface area contributed by atoms with Gasteiger partial charge in [0.2, 0.25) is 0 Å². The number of rotatable bonds is 2. The summed E-state index contributed by atoms with van der Waals surface area (Å²) < 4.78 is 6.23. The average Bonchev–Trinajstić information content (AvgIpc) is 2.34. The fraction of sp³-hybridized carbons (Fsp3) is 0.600. The van der Waals surface area contributed by atoms with Crippen molar-refractivity contribution < 1.29 is 9.84 Å². The van der Waals surface area contributed by atoms with Crippen molar-refractivity contribution in [3.05, 3.63) is 22.3 Å². The molecule has 0 bridgehead atoms. The van der Waals surface area contributed by atoms with Crippen LogP contribution >= 0.6 is 0 Å². The van der Waals surface area contributed by atoms with E-state index in [9.17, 15) is 5.11 Å². The molecule has 0 amide bonds. The van der Waals surface area contributed by atoms with Gasteiger partial charge in [0.05, 0.1) is 0 Å². The van der Waals surface area contributed by atoms with Gasteiger partial charge in [0.15, 0.2) is 0 Å². The molecule has 0 saturated carbocycles. The van der Waals surface area contributed by atoms with Gasteiger partial charge in [-0.1, -0.05) is 0 Å². The highest BCUT2D eigenvalue weighted by Gasteiger charge is 2.33. The lowest BCUT2D eigenvalue weighted by Gasteiger charge is -2.37. The summed E-state index contributed by atoms with van der Waals surface area (Å²) in [5, 5.41) is 13.3. The zero-order chi connectivity index (χ0) is 13.5. The van der Waals surface area contributed by atoms with E-state index in [0.29, 0.717) is 5.75 Å². The topological polar surface area (TPSA) is 41.5 Å². The lowest BCUT2D eigenvalue weighted by atomic mass is 9.87. The second-order valence-electron chi connectivity index (χ2n) is 5.61. The van der Waals surface area contributed by atoms with E-state index in [0.717, 1.165) is 41.8 Å². The molecule has 1 unspecified atom stereocenters. The zero-order valence-corrected chi connectivity index (χ0v) is 12.0. The summed E-state index contributed by atoms with van der Waals surface area (Å²) in [5.74, 6) is 1.40. The molecule has 2 rings (SSSR count). The number of aromatic hydroxyl groups is 1. The van der Waals surface area contributed by atoms with Crippen LogP contribution in [-0.2, 0) is 6.42 Å². The highest BCUT2D eigenvalue weighted by molar-refractivity contribution is 5.58. The van der Waals surface area contributed by atoms with Crippen molar-refractivity contribution in [2.45, 2.75) is 46.1 Å². The minimum atomic E-state index is -0.150. The lowest BCUT2D eigenvalue weighted by molar-refractivity contribution is 0.0653. The molecular formula is C15H23NO2. The number of fused-ring (bicyclic) bond motifs is 1. The maximum atomic E-state index is 10.1. The van der Waals surface area contributed by atoms with E-state index in [2.05, 4.69) is 12.2 Å². The molecule has 3 heteroatoms. The molecule has 1 aliphatic rings. The van der Waals surface area contributed by atoms with Crippen LogP contribution in [0.4, 0.5) is 0 Å². The van der Waals surface area contributed by atoms with Gasteiger partial charge in [0.1, 0.15) is 17.1 Å². The van der Waals surface area contributed by atoms with E-state index >= 15 is 0 Å². The molecule has 0 saturated heterocycles. The van der Waals surface area contributed by atoms with Crippen molar-refractivity contribution >= 4 is 0 Å². The van der Waals surface area contributed by atoms with Crippen LogP contribution in [-0.4, -0.2) is 24.3 Å². The number of phenolic OH excluding ortho intramolecular Hbond substituents is 1. The molecule has 0 spiro atoms. The van der Waals surface area contributed by atoms with E-state index in [4.69, 9.17) is 4.74 Å². The van der Waals surface area contributed by atoms with E-state index in [1.807, 2.05) is 27.8 Å². The summed E-state index contributed by atoms with van der Waals surface area (Å²) in [5.41, 5.74) is 3.99. The van der Waals surface area contributed by atoms with Gasteiger partial charge in [0, 0.05) is 12.1 Å².